The van der Waals surface area contributed by atoms with Crippen molar-refractivity contribution in [1.29, 1.82) is 0 Å². The van der Waals surface area contributed by atoms with Gasteiger partial charge in [0.15, 0.2) is 5.82 Å². The fourth-order valence-electron chi connectivity index (χ4n) is 8.13. The van der Waals surface area contributed by atoms with Gasteiger partial charge in [0.25, 0.3) is 0 Å². The van der Waals surface area contributed by atoms with Gasteiger partial charge in [-0.3, -0.25) is 0 Å². The van der Waals surface area contributed by atoms with Crippen LogP contribution in [0.5, 0.6) is 0 Å². The molecular formula is C48H28N2S. The van der Waals surface area contributed by atoms with E-state index >= 15 is 0 Å². The summed E-state index contributed by atoms with van der Waals surface area (Å²) in [6.45, 7) is 0. The summed E-state index contributed by atoms with van der Waals surface area (Å²) < 4.78 is 2.54. The summed E-state index contributed by atoms with van der Waals surface area (Å²) in [5.41, 5.74) is 6.39. The predicted molar refractivity (Wildman–Crippen MR) is 219 cm³/mol. The van der Waals surface area contributed by atoms with Gasteiger partial charge in [0.05, 0.1) is 11.2 Å². The van der Waals surface area contributed by atoms with E-state index in [1.165, 1.54) is 63.4 Å². The summed E-state index contributed by atoms with van der Waals surface area (Å²) in [5, 5.41) is 13.4. The van der Waals surface area contributed by atoms with E-state index in [0.717, 1.165) is 44.5 Å². The van der Waals surface area contributed by atoms with Crippen molar-refractivity contribution in [2.45, 2.75) is 0 Å². The van der Waals surface area contributed by atoms with Crippen molar-refractivity contribution in [3.8, 4) is 33.8 Å². The molecule has 0 atom stereocenters. The van der Waals surface area contributed by atoms with Crippen LogP contribution in [0.2, 0.25) is 0 Å². The van der Waals surface area contributed by atoms with Gasteiger partial charge in [-0.2, -0.15) is 0 Å². The van der Waals surface area contributed by atoms with Crippen LogP contribution in [0.25, 0.3) is 108 Å². The average Bonchev–Trinajstić information content (AvgIpc) is 3.60. The molecule has 0 radical (unpaired) electrons. The van der Waals surface area contributed by atoms with Gasteiger partial charge in [-0.25, -0.2) is 9.97 Å². The van der Waals surface area contributed by atoms with E-state index < -0.39 is 0 Å². The van der Waals surface area contributed by atoms with Crippen molar-refractivity contribution in [1.82, 2.24) is 9.97 Å². The van der Waals surface area contributed by atoms with Gasteiger partial charge in [-0.15, -0.1) is 11.3 Å². The monoisotopic (exact) mass is 664 g/mol. The smallest absolute Gasteiger partial charge is 0.161 e. The number of aromatic nitrogens is 2. The lowest BCUT2D eigenvalue weighted by atomic mass is 9.91. The molecule has 9 aromatic carbocycles. The van der Waals surface area contributed by atoms with E-state index in [1.807, 2.05) is 11.3 Å². The minimum Gasteiger partial charge on any atom is -0.227 e. The zero-order valence-corrected chi connectivity index (χ0v) is 28.3. The maximum absolute atomic E-state index is 5.56. The minimum atomic E-state index is 0.742. The van der Waals surface area contributed by atoms with Crippen LogP contribution in [-0.4, -0.2) is 9.97 Å². The normalized spacial score (nSPS) is 11.9. The number of thiophene rings is 1. The van der Waals surface area contributed by atoms with Gasteiger partial charge >= 0.3 is 0 Å². The van der Waals surface area contributed by atoms with Crippen LogP contribution < -0.4 is 0 Å². The topological polar surface area (TPSA) is 25.8 Å². The largest absolute Gasteiger partial charge is 0.227 e. The summed E-state index contributed by atoms with van der Waals surface area (Å²) in [6.07, 6.45) is 0. The Kier molecular flexibility index (Phi) is 6.16. The third-order valence-electron chi connectivity index (χ3n) is 10.4. The van der Waals surface area contributed by atoms with E-state index in [2.05, 4.69) is 170 Å². The molecule has 0 aliphatic rings. The first-order valence-corrected chi connectivity index (χ1v) is 18.1. The summed E-state index contributed by atoms with van der Waals surface area (Å²) in [7, 11) is 0. The third-order valence-corrected chi connectivity index (χ3v) is 11.6. The lowest BCUT2D eigenvalue weighted by Gasteiger charge is -2.16. The summed E-state index contributed by atoms with van der Waals surface area (Å²) in [6, 6.07) is 61.2. The Morgan fingerprint density at radius 1 is 0.373 bits per heavy atom. The second kappa shape index (κ2) is 11.0. The molecule has 0 spiro atoms. The van der Waals surface area contributed by atoms with E-state index in [4.69, 9.17) is 9.97 Å². The van der Waals surface area contributed by atoms with Gasteiger partial charge in [0, 0.05) is 47.5 Å². The lowest BCUT2D eigenvalue weighted by molar-refractivity contribution is 1.24. The van der Waals surface area contributed by atoms with Gasteiger partial charge in [0.2, 0.25) is 0 Å². The molecular weight excluding hydrogens is 637 g/mol. The maximum atomic E-state index is 5.56. The number of nitrogens with zero attached hydrogens (tertiary/aromatic N) is 2. The molecule has 11 rings (SSSR count). The number of rotatable bonds is 3. The second-order valence-electron chi connectivity index (χ2n) is 13.3. The quantitative estimate of drug-likeness (QED) is 0.176. The number of fused-ring (bicyclic) bond motifs is 13. The predicted octanol–water partition coefficient (Wildman–Crippen LogP) is 13.6. The first-order valence-electron chi connectivity index (χ1n) is 17.3. The zero-order valence-electron chi connectivity index (χ0n) is 27.5. The molecule has 11 aromatic rings. The minimum absolute atomic E-state index is 0.742. The Hall–Kier alpha value is -6.42. The molecule has 0 unspecified atom stereocenters. The molecule has 0 aliphatic heterocycles. The second-order valence-corrected chi connectivity index (χ2v) is 14.3. The molecule has 0 N–H and O–H groups in total. The zero-order chi connectivity index (χ0) is 33.5. The third kappa shape index (κ3) is 4.29. The summed E-state index contributed by atoms with van der Waals surface area (Å²) in [5.74, 6) is 0.742. The molecule has 2 nitrogen and oxygen atoms in total. The van der Waals surface area contributed by atoms with Gasteiger partial charge in [-0.05, 0) is 67.7 Å². The van der Waals surface area contributed by atoms with Crippen LogP contribution in [0.1, 0.15) is 0 Å². The van der Waals surface area contributed by atoms with E-state index in [9.17, 15) is 0 Å². The van der Waals surface area contributed by atoms with Crippen molar-refractivity contribution >= 4 is 85.5 Å². The van der Waals surface area contributed by atoms with Crippen LogP contribution >= 0.6 is 11.3 Å². The molecule has 0 aliphatic carbocycles. The molecule has 0 amide bonds. The van der Waals surface area contributed by atoms with Crippen molar-refractivity contribution < 1.29 is 0 Å². The number of hydrogen-bond acceptors (Lipinski definition) is 3. The first-order chi connectivity index (χ1) is 25.3. The summed E-state index contributed by atoms with van der Waals surface area (Å²) in [4.78, 5) is 11.1. The molecule has 0 bridgehead atoms. The van der Waals surface area contributed by atoms with Crippen LogP contribution in [0.15, 0.2) is 170 Å². The maximum Gasteiger partial charge on any atom is 0.161 e. The van der Waals surface area contributed by atoms with Crippen LogP contribution in [0.4, 0.5) is 0 Å². The highest BCUT2D eigenvalue weighted by molar-refractivity contribution is 7.27. The van der Waals surface area contributed by atoms with Crippen LogP contribution in [0, 0.1) is 0 Å². The van der Waals surface area contributed by atoms with Crippen LogP contribution in [-0.2, 0) is 0 Å². The molecule has 0 saturated carbocycles. The standard InChI is InChI=1S/C48H28N2S/c1-2-13-29(14-3-1)31-16-12-17-32(27-31)45-39-26-25-30-15-4-5-18-33(30)46(39)50-48(49-45)41-28-40-36-21-7-6-19-34(36)35-20-8-9-22-37(35)43(40)47-44(41)38-23-10-11-24-42(38)51-47/h1-28H. The van der Waals surface area contributed by atoms with Crippen molar-refractivity contribution in [3.05, 3.63) is 170 Å². The molecule has 236 valence electrons. The molecule has 0 fully saturated rings. The first kappa shape index (κ1) is 28.4. The Labute approximate surface area is 297 Å². The molecule has 0 saturated heterocycles. The molecule has 2 aromatic heterocycles. The average molecular weight is 665 g/mol. The Morgan fingerprint density at radius 2 is 1.00 bits per heavy atom. The highest BCUT2D eigenvalue weighted by Gasteiger charge is 2.22. The molecule has 51 heavy (non-hydrogen) atoms. The van der Waals surface area contributed by atoms with Crippen molar-refractivity contribution in [2.75, 3.05) is 0 Å². The van der Waals surface area contributed by atoms with E-state index in [1.54, 1.807) is 0 Å². The Balaban J connectivity index is 1.31. The van der Waals surface area contributed by atoms with Crippen molar-refractivity contribution in [3.63, 3.8) is 0 Å². The fourth-order valence-corrected chi connectivity index (χ4v) is 9.42. The Morgan fingerprint density at radius 3 is 1.82 bits per heavy atom. The highest BCUT2D eigenvalue weighted by atomic mass is 32.1. The Bertz CT molecular complexity index is 3190. The van der Waals surface area contributed by atoms with Crippen molar-refractivity contribution in [2.24, 2.45) is 0 Å². The lowest BCUT2D eigenvalue weighted by Crippen LogP contribution is -1.97. The van der Waals surface area contributed by atoms with Gasteiger partial charge in [-0.1, -0.05) is 146 Å². The van der Waals surface area contributed by atoms with E-state index in [-0.39, 0.29) is 0 Å². The van der Waals surface area contributed by atoms with Crippen LogP contribution in [0.3, 0.4) is 0 Å². The summed E-state index contributed by atoms with van der Waals surface area (Å²) >= 11 is 1.87. The van der Waals surface area contributed by atoms with Gasteiger partial charge < -0.3 is 0 Å². The number of benzene rings is 9. The molecule has 3 heteroatoms. The fraction of sp³-hybridized carbons (Fsp3) is 0. The van der Waals surface area contributed by atoms with E-state index in [0.29, 0.717) is 0 Å². The number of hydrogen-bond donors (Lipinski definition) is 0. The molecule has 2 heterocycles. The highest BCUT2D eigenvalue weighted by Crippen LogP contribution is 2.48. The van der Waals surface area contributed by atoms with Gasteiger partial charge in [0.1, 0.15) is 0 Å². The SMILES string of the molecule is c1ccc(-c2cccc(-c3nc(-c4cc5c6ccccc6c6ccccc6c5c5sc6ccccc6c45)nc4c3ccc3ccccc34)c2)cc1.